The molecule has 0 aliphatic carbocycles. The van der Waals surface area contributed by atoms with Crippen LogP contribution in [0.3, 0.4) is 0 Å². The number of H-pyrrole nitrogens is 1. The molecule has 18 heavy (non-hydrogen) atoms. The number of aromatic hydroxyl groups is 1. The van der Waals surface area contributed by atoms with Gasteiger partial charge in [-0.25, -0.2) is 0 Å². The Morgan fingerprint density at radius 3 is 2.33 bits per heavy atom. The second kappa shape index (κ2) is 4.33. The number of phenolic OH excluding ortho intramolecular Hbond substituents is 1. The molecule has 0 bridgehead atoms. The Labute approximate surface area is 102 Å². The van der Waals surface area contributed by atoms with Crippen LogP contribution >= 0.6 is 0 Å². The lowest BCUT2D eigenvalue weighted by Crippen LogP contribution is -1.71. The van der Waals surface area contributed by atoms with Gasteiger partial charge in [-0.15, -0.1) is 0 Å². The van der Waals surface area contributed by atoms with Gasteiger partial charge in [0.15, 0.2) is 5.58 Å². The molecule has 2 aromatic rings. The maximum Gasteiger partial charge on any atom is 0.271 e. The molecule has 0 amide bonds. The molecule has 4 heteroatoms. The quantitative estimate of drug-likeness (QED) is 0.495. The summed E-state index contributed by atoms with van der Waals surface area (Å²) in [6.45, 7) is 0. The third-order valence-corrected chi connectivity index (χ3v) is 2.51. The number of nitrogens with one attached hydrogen (secondary N) is 1. The van der Waals surface area contributed by atoms with Crippen LogP contribution in [0.5, 0.6) is 5.75 Å². The van der Waals surface area contributed by atoms with E-state index in [0.29, 0.717) is 5.75 Å². The summed E-state index contributed by atoms with van der Waals surface area (Å²) in [6.07, 6.45) is 0. The lowest BCUT2D eigenvalue weighted by Gasteiger charge is -1.87. The first-order valence-electron chi connectivity index (χ1n) is 5.53. The Morgan fingerprint density at radius 2 is 1.61 bits per heavy atom. The second-order valence-corrected chi connectivity index (χ2v) is 3.80. The number of rotatable bonds is 0. The van der Waals surface area contributed by atoms with E-state index in [1.54, 1.807) is 24.3 Å². The molecule has 2 aliphatic rings. The van der Waals surface area contributed by atoms with Crippen molar-refractivity contribution in [3.63, 3.8) is 0 Å². The Balaban J connectivity index is 0.000000125. The summed E-state index contributed by atoms with van der Waals surface area (Å²) in [4.78, 5) is 0. The Hall–Kier alpha value is -2.62. The molecule has 0 atom stereocenters. The molecule has 4 nitrogen and oxygen atoms in total. The molecule has 90 valence electrons. The van der Waals surface area contributed by atoms with Crippen LogP contribution in [0.1, 0.15) is 0 Å². The van der Waals surface area contributed by atoms with E-state index >= 15 is 0 Å². The number of aromatic nitrogens is 1. The molecule has 2 aromatic carbocycles. The highest BCUT2D eigenvalue weighted by Gasteiger charge is 2.07. The van der Waals surface area contributed by atoms with E-state index in [9.17, 15) is 0 Å². The van der Waals surface area contributed by atoms with Crippen LogP contribution in [-0.2, 0) is 0 Å². The number of benzene rings is 2. The minimum Gasteiger partial charge on any atom is -0.508 e. The molecule has 0 saturated heterocycles. The van der Waals surface area contributed by atoms with Crippen LogP contribution in [0.4, 0.5) is 0 Å². The largest absolute Gasteiger partial charge is 0.508 e. The highest BCUT2D eigenvalue weighted by molar-refractivity contribution is 5.75. The number of para-hydroxylation sites is 2. The SMILES string of the molecule is Oc1ccccc1.c1ccc2c3oc=3[nH]oc2c1. The number of fused-ring (bicyclic) bond motifs is 2. The fourth-order valence-corrected chi connectivity index (χ4v) is 1.59. The maximum absolute atomic E-state index is 8.63. The molecular weight excluding hydrogens is 230 g/mol. The summed E-state index contributed by atoms with van der Waals surface area (Å²) in [7, 11) is 0. The van der Waals surface area contributed by atoms with Crippen LogP contribution in [0, 0.1) is 11.0 Å². The molecular formula is C14H11NO3. The minimum absolute atomic E-state index is 0.322. The van der Waals surface area contributed by atoms with Gasteiger partial charge in [-0.05, 0) is 24.3 Å². The number of aromatic amines is 1. The lowest BCUT2D eigenvalue weighted by molar-refractivity contribution is 0.418. The highest BCUT2D eigenvalue weighted by Crippen LogP contribution is 2.18. The number of hydrogen-bond donors (Lipinski definition) is 2. The molecule has 0 unspecified atom stereocenters. The fourth-order valence-electron chi connectivity index (χ4n) is 1.59. The van der Waals surface area contributed by atoms with Crippen molar-refractivity contribution in [1.82, 2.24) is 5.16 Å². The van der Waals surface area contributed by atoms with E-state index in [1.807, 2.05) is 30.3 Å². The molecule has 2 heterocycles. The van der Waals surface area contributed by atoms with E-state index in [4.69, 9.17) is 14.0 Å². The van der Waals surface area contributed by atoms with E-state index in [-0.39, 0.29) is 0 Å². The summed E-state index contributed by atoms with van der Waals surface area (Å²) >= 11 is 0. The maximum atomic E-state index is 8.63. The molecule has 0 spiro atoms. The fraction of sp³-hybridized carbons (Fsp3) is 0. The Morgan fingerprint density at radius 1 is 0.889 bits per heavy atom. The first-order valence-corrected chi connectivity index (χ1v) is 5.53. The third-order valence-electron chi connectivity index (χ3n) is 2.51. The van der Waals surface area contributed by atoms with Crippen molar-refractivity contribution in [1.29, 1.82) is 0 Å². The molecule has 0 fully saturated rings. The Bertz CT molecular complexity index is 794. The molecule has 0 aromatic heterocycles. The van der Waals surface area contributed by atoms with E-state index in [1.165, 1.54) is 0 Å². The van der Waals surface area contributed by atoms with Gasteiger partial charge >= 0.3 is 0 Å². The van der Waals surface area contributed by atoms with Crippen molar-refractivity contribution < 1.29 is 14.0 Å². The van der Waals surface area contributed by atoms with Gasteiger partial charge in [0.2, 0.25) is 5.42 Å². The summed E-state index contributed by atoms with van der Waals surface area (Å²) < 4.78 is 10.2. The van der Waals surface area contributed by atoms with E-state index in [2.05, 4.69) is 5.16 Å². The minimum atomic E-state index is 0.322. The normalized spacial score (nSPS) is 10.4. The first kappa shape index (κ1) is 10.5. The highest BCUT2D eigenvalue weighted by atomic mass is 16.5. The van der Waals surface area contributed by atoms with Crippen molar-refractivity contribution in [2.24, 2.45) is 0 Å². The topological polar surface area (TPSA) is 62.3 Å². The smallest absolute Gasteiger partial charge is 0.271 e. The second-order valence-electron chi connectivity index (χ2n) is 3.80. The Kier molecular flexibility index (Phi) is 2.53. The van der Waals surface area contributed by atoms with E-state index in [0.717, 1.165) is 21.9 Å². The molecule has 4 rings (SSSR count). The van der Waals surface area contributed by atoms with Gasteiger partial charge in [0.1, 0.15) is 5.75 Å². The van der Waals surface area contributed by atoms with Crippen molar-refractivity contribution >= 4 is 11.0 Å². The van der Waals surface area contributed by atoms with Crippen LogP contribution in [-0.4, -0.2) is 10.3 Å². The van der Waals surface area contributed by atoms with Gasteiger partial charge in [-0.2, -0.15) is 5.16 Å². The number of hydrogen-bond acceptors (Lipinski definition) is 3. The number of phenols is 1. The van der Waals surface area contributed by atoms with Gasteiger partial charge < -0.3 is 14.0 Å². The molecule has 2 N–H and O–H groups in total. The van der Waals surface area contributed by atoms with Gasteiger partial charge in [-0.1, -0.05) is 30.3 Å². The summed E-state index contributed by atoms with van der Waals surface area (Å²) in [5.41, 5.74) is 2.47. The predicted octanol–water partition coefficient (Wildman–Crippen LogP) is 3.47. The van der Waals surface area contributed by atoms with Crippen LogP contribution < -0.4 is 0 Å². The molecule has 2 aliphatic heterocycles. The third kappa shape index (κ3) is 2.08. The zero-order chi connectivity index (χ0) is 12.4. The van der Waals surface area contributed by atoms with Crippen LogP contribution in [0.2, 0.25) is 0 Å². The average Bonchev–Trinajstić information content (AvgIpc) is 3.20. The van der Waals surface area contributed by atoms with Gasteiger partial charge in [-0.3, -0.25) is 0 Å². The van der Waals surface area contributed by atoms with Gasteiger partial charge in [0.05, 0.1) is 5.39 Å². The van der Waals surface area contributed by atoms with E-state index < -0.39 is 0 Å². The molecule has 0 radical (unpaired) electrons. The zero-order valence-electron chi connectivity index (χ0n) is 9.46. The summed E-state index contributed by atoms with van der Waals surface area (Å²) in [6, 6.07) is 16.5. The van der Waals surface area contributed by atoms with Crippen molar-refractivity contribution in [3.05, 3.63) is 65.6 Å². The van der Waals surface area contributed by atoms with Crippen molar-refractivity contribution in [3.8, 4) is 5.75 Å². The summed E-state index contributed by atoms with van der Waals surface area (Å²) in [5.74, 6) is 0.322. The first-order chi connectivity index (χ1) is 8.84. The molecule has 0 saturated carbocycles. The van der Waals surface area contributed by atoms with Gasteiger partial charge in [0.25, 0.3) is 5.55 Å². The van der Waals surface area contributed by atoms with Gasteiger partial charge in [0, 0.05) is 0 Å². The summed E-state index contributed by atoms with van der Waals surface area (Å²) in [5, 5.41) is 12.3. The predicted molar refractivity (Wildman–Crippen MR) is 66.2 cm³/mol. The van der Waals surface area contributed by atoms with Crippen LogP contribution in [0.15, 0.2) is 63.5 Å². The van der Waals surface area contributed by atoms with Crippen LogP contribution in [0.25, 0.3) is 11.0 Å². The lowest BCUT2D eigenvalue weighted by atomic mass is 10.2. The van der Waals surface area contributed by atoms with Crippen molar-refractivity contribution in [2.75, 3.05) is 0 Å². The standard InChI is InChI=1S/C8H5NO2.C6H6O/c1-2-4-6-5(3-1)7-8(10-7)9-11-6;7-6-4-2-1-3-5-6/h1-4,9H;1-5,7H. The van der Waals surface area contributed by atoms with Crippen molar-refractivity contribution in [2.45, 2.75) is 0 Å². The average molecular weight is 241 g/mol. The monoisotopic (exact) mass is 241 g/mol. The zero-order valence-corrected chi connectivity index (χ0v) is 9.46.